The average molecular weight is 369 g/mol. The van der Waals surface area contributed by atoms with Gasteiger partial charge >= 0.3 is 0 Å². The maximum absolute atomic E-state index is 12.6. The number of benzene rings is 2. The number of hydrogen-bond acceptors (Lipinski definition) is 4. The first-order valence-corrected chi connectivity index (χ1v) is 10.3. The zero-order valence-corrected chi connectivity index (χ0v) is 15.8. The molecule has 0 aliphatic carbocycles. The zero-order chi connectivity index (χ0) is 17.6. The van der Waals surface area contributed by atoms with Crippen molar-refractivity contribution in [2.75, 3.05) is 18.6 Å². The Balaban J connectivity index is 1.66. The van der Waals surface area contributed by atoms with Gasteiger partial charge in [-0.25, -0.2) is 0 Å². The van der Waals surface area contributed by atoms with Gasteiger partial charge in [0.15, 0.2) is 0 Å². The monoisotopic (exact) mass is 368 g/mol. The van der Waals surface area contributed by atoms with E-state index in [0.717, 1.165) is 5.56 Å². The highest BCUT2D eigenvalue weighted by Crippen LogP contribution is 2.43. The summed E-state index contributed by atoms with van der Waals surface area (Å²) >= 11 is 3.97. The normalized spacial score (nSPS) is 14.7. The van der Waals surface area contributed by atoms with E-state index in [9.17, 15) is 4.79 Å². The molecule has 0 atom stereocenters. The summed E-state index contributed by atoms with van der Waals surface area (Å²) in [5.74, 6) is 2.42. The van der Waals surface area contributed by atoms with Crippen LogP contribution in [0.1, 0.15) is 38.1 Å². The molecule has 0 aromatic heterocycles. The summed E-state index contributed by atoms with van der Waals surface area (Å²) in [6.45, 7) is 0.491. The maximum atomic E-state index is 12.6. The fraction of sp³-hybridized carbons (Fsp3) is 0.300. The molecule has 1 amide bonds. The molecule has 0 bridgehead atoms. The van der Waals surface area contributed by atoms with E-state index in [1.54, 1.807) is 18.0 Å². The molecule has 0 unspecified atom stereocenters. The summed E-state index contributed by atoms with van der Waals surface area (Å²) in [5, 5.41) is 8.98. The summed E-state index contributed by atoms with van der Waals surface area (Å²) in [5.41, 5.74) is 3.57. The molecule has 2 aromatic carbocycles. The van der Waals surface area contributed by atoms with Crippen molar-refractivity contribution >= 4 is 29.4 Å². The van der Waals surface area contributed by atoms with E-state index in [1.165, 1.54) is 23.5 Å². The largest absolute Gasteiger partial charge is 0.337 e. The lowest BCUT2D eigenvalue weighted by Gasteiger charge is -2.22. The molecular weight excluding hydrogens is 348 g/mol. The third-order valence-corrected chi connectivity index (χ3v) is 7.09. The molecular formula is C20H20N2OS2. The second-order valence-corrected chi connectivity index (χ2v) is 8.75. The van der Waals surface area contributed by atoms with Gasteiger partial charge in [0.05, 0.1) is 16.2 Å². The number of hydrogen-bond donors (Lipinski definition) is 0. The molecule has 1 saturated heterocycles. The number of nitrogens with zero attached hydrogens (tertiary/aromatic N) is 2. The molecule has 0 radical (unpaired) electrons. The van der Waals surface area contributed by atoms with Crippen molar-refractivity contribution in [3.05, 3.63) is 70.8 Å². The Morgan fingerprint density at radius 2 is 1.92 bits per heavy atom. The predicted octanol–water partition coefficient (Wildman–Crippen LogP) is 4.70. The molecule has 2 aromatic rings. The van der Waals surface area contributed by atoms with Gasteiger partial charge in [-0.15, -0.1) is 23.5 Å². The Labute approximate surface area is 157 Å². The highest BCUT2D eigenvalue weighted by atomic mass is 32.2. The third kappa shape index (κ3) is 4.59. The van der Waals surface area contributed by atoms with Crippen molar-refractivity contribution in [2.24, 2.45) is 0 Å². The minimum Gasteiger partial charge on any atom is -0.337 e. The van der Waals surface area contributed by atoms with Crippen LogP contribution in [0.3, 0.4) is 0 Å². The van der Waals surface area contributed by atoms with Gasteiger partial charge in [0, 0.05) is 19.2 Å². The molecule has 0 N–H and O–H groups in total. The Kier molecular flexibility index (Phi) is 6.06. The van der Waals surface area contributed by atoms with Crippen molar-refractivity contribution in [2.45, 2.75) is 17.5 Å². The minimum atomic E-state index is -0.00198. The molecule has 1 heterocycles. The molecule has 1 aliphatic rings. The molecule has 25 heavy (non-hydrogen) atoms. The van der Waals surface area contributed by atoms with E-state index in [2.05, 4.69) is 18.2 Å². The molecule has 1 aliphatic heterocycles. The molecule has 1 fully saturated rings. The van der Waals surface area contributed by atoms with Crippen LogP contribution in [0, 0.1) is 11.3 Å². The van der Waals surface area contributed by atoms with E-state index in [1.807, 2.05) is 53.9 Å². The van der Waals surface area contributed by atoms with Crippen molar-refractivity contribution in [3.8, 4) is 6.07 Å². The summed E-state index contributed by atoms with van der Waals surface area (Å²) in [4.78, 5) is 14.3. The number of carbonyl (C=O) groups excluding carboxylic acids is 1. The van der Waals surface area contributed by atoms with E-state index in [4.69, 9.17) is 5.26 Å². The number of rotatable bonds is 4. The van der Waals surface area contributed by atoms with Gasteiger partial charge in [0.2, 0.25) is 0 Å². The first-order valence-electron chi connectivity index (χ1n) is 8.25. The van der Waals surface area contributed by atoms with Crippen LogP contribution in [0.15, 0.2) is 48.5 Å². The summed E-state index contributed by atoms with van der Waals surface area (Å²) < 4.78 is 0.490. The fourth-order valence-electron chi connectivity index (χ4n) is 2.77. The van der Waals surface area contributed by atoms with Crippen molar-refractivity contribution in [1.29, 1.82) is 5.26 Å². The van der Waals surface area contributed by atoms with Crippen LogP contribution in [-0.2, 0) is 6.54 Å². The van der Waals surface area contributed by atoms with Gasteiger partial charge in [-0.2, -0.15) is 5.26 Å². The first-order chi connectivity index (χ1) is 12.2. The van der Waals surface area contributed by atoms with Gasteiger partial charge in [-0.1, -0.05) is 24.3 Å². The van der Waals surface area contributed by atoms with Gasteiger partial charge in [0.1, 0.15) is 0 Å². The molecule has 3 nitrogen and oxygen atoms in total. The molecule has 0 saturated carbocycles. The molecule has 3 rings (SSSR count). The lowest BCUT2D eigenvalue weighted by atomic mass is 10.1. The number of nitriles is 1. The third-order valence-electron chi connectivity index (χ3n) is 4.08. The van der Waals surface area contributed by atoms with Gasteiger partial charge < -0.3 is 4.90 Å². The summed E-state index contributed by atoms with van der Waals surface area (Å²) in [7, 11) is 1.79. The van der Waals surface area contributed by atoms with Crippen molar-refractivity contribution in [3.63, 3.8) is 0 Å². The van der Waals surface area contributed by atoms with Gasteiger partial charge in [-0.05, 0) is 53.3 Å². The second kappa shape index (κ2) is 8.46. The zero-order valence-electron chi connectivity index (χ0n) is 14.1. The van der Waals surface area contributed by atoms with Crippen LogP contribution in [-0.4, -0.2) is 29.4 Å². The summed E-state index contributed by atoms with van der Waals surface area (Å²) in [6.07, 6.45) is 1.28. The van der Waals surface area contributed by atoms with Crippen molar-refractivity contribution in [1.82, 2.24) is 4.90 Å². The average Bonchev–Trinajstić information content (AvgIpc) is 2.68. The van der Waals surface area contributed by atoms with Crippen LogP contribution in [0.2, 0.25) is 0 Å². The molecule has 5 heteroatoms. The van der Waals surface area contributed by atoms with E-state index in [0.29, 0.717) is 22.3 Å². The van der Waals surface area contributed by atoms with E-state index in [-0.39, 0.29) is 5.91 Å². The van der Waals surface area contributed by atoms with Crippen molar-refractivity contribution < 1.29 is 4.79 Å². The number of thioether (sulfide) groups is 2. The predicted molar refractivity (Wildman–Crippen MR) is 106 cm³/mol. The van der Waals surface area contributed by atoms with Crippen LogP contribution in [0.4, 0.5) is 0 Å². The first kappa shape index (κ1) is 17.9. The Bertz CT molecular complexity index is 777. The minimum absolute atomic E-state index is 0.00198. The van der Waals surface area contributed by atoms with Gasteiger partial charge in [0.25, 0.3) is 5.91 Å². The smallest absolute Gasteiger partial charge is 0.253 e. The maximum Gasteiger partial charge on any atom is 0.253 e. The lowest BCUT2D eigenvalue weighted by Crippen LogP contribution is -2.26. The SMILES string of the molecule is CN(Cc1cccc(C#N)c1)C(=O)c1ccc(C2SCCCS2)cc1. The number of amides is 1. The number of carbonyl (C=O) groups is 1. The molecule has 128 valence electrons. The van der Waals surface area contributed by atoms with E-state index >= 15 is 0 Å². The Hall–Kier alpha value is -1.90. The van der Waals surface area contributed by atoms with Crippen LogP contribution in [0.5, 0.6) is 0 Å². The Morgan fingerprint density at radius 3 is 2.60 bits per heavy atom. The highest BCUT2D eigenvalue weighted by Gasteiger charge is 2.18. The Morgan fingerprint density at radius 1 is 1.20 bits per heavy atom. The molecule has 0 spiro atoms. The fourth-order valence-corrected chi connectivity index (χ4v) is 5.66. The quantitative estimate of drug-likeness (QED) is 0.785. The van der Waals surface area contributed by atoms with Crippen LogP contribution in [0.25, 0.3) is 0 Å². The standard InChI is InChI=1S/C20H20N2OS2/c1-22(14-16-5-2-4-15(12-16)13-21)19(23)17-6-8-18(9-7-17)20-24-10-3-11-25-20/h2,4-9,12,20H,3,10-11,14H2,1H3. The summed E-state index contributed by atoms with van der Waals surface area (Å²) in [6, 6.07) is 17.5. The van der Waals surface area contributed by atoms with E-state index < -0.39 is 0 Å². The second-order valence-electron chi connectivity index (χ2n) is 6.02. The lowest BCUT2D eigenvalue weighted by molar-refractivity contribution is 0.0785. The topological polar surface area (TPSA) is 44.1 Å². The van der Waals surface area contributed by atoms with Crippen LogP contribution >= 0.6 is 23.5 Å². The van der Waals surface area contributed by atoms with Crippen LogP contribution < -0.4 is 0 Å². The highest BCUT2D eigenvalue weighted by molar-refractivity contribution is 8.16. The van der Waals surface area contributed by atoms with Gasteiger partial charge in [-0.3, -0.25) is 4.79 Å².